The SMILES string of the molecule is CC(=O)N[C@H]1[C@@H](O[C@H]2[C@@H](O)[C@@H](CO)O[C@H](OP(=O)(O)OP(=O)(O)OC/C=C(/C)CC/C=C(/C)CC/C=C(/C)CC/C=C(/C)CC/C=C(/C)CC/C=C(/C)CC/C=C(/C)CC/C=C(/C)CC/C=C(\C)CC/C=C(\C)CCC=C(C)C)[C@@H]2NC(C)=O)O[C@H](CO)[C@H](O)[C@@H]1O. The van der Waals surface area contributed by atoms with Crippen molar-refractivity contribution in [3.8, 4) is 0 Å². The van der Waals surface area contributed by atoms with Crippen LogP contribution in [0.1, 0.15) is 225 Å². The number of nitrogens with one attached hydrogen (secondary N) is 2. The number of amides is 2. The molecule has 524 valence electrons. The molecule has 0 aromatic carbocycles. The third kappa shape index (κ3) is 36.8. The Morgan fingerprint density at radius 3 is 1.01 bits per heavy atom. The smallest absolute Gasteiger partial charge is 0.394 e. The molecule has 92 heavy (non-hydrogen) atoms. The van der Waals surface area contributed by atoms with E-state index in [9.17, 15) is 54.0 Å². The normalized spacial score (nSPS) is 25.1. The van der Waals surface area contributed by atoms with E-state index in [1.165, 1.54) is 61.8 Å². The number of ether oxygens (including phenoxy) is 3. The molecule has 2 unspecified atom stereocenters. The highest BCUT2D eigenvalue weighted by Gasteiger charge is 2.54. The van der Waals surface area contributed by atoms with Crippen molar-refractivity contribution < 1.29 is 81.6 Å². The van der Waals surface area contributed by atoms with Gasteiger partial charge in [-0.3, -0.25) is 18.6 Å². The fourth-order valence-corrected chi connectivity index (χ4v) is 12.6. The largest absolute Gasteiger partial charge is 0.483 e. The molecule has 0 saturated carbocycles. The molecule has 2 saturated heterocycles. The summed E-state index contributed by atoms with van der Waals surface area (Å²) in [5.41, 5.74) is 15.1. The standard InChI is InChI=1S/C71H118N2O17P2/c1-49(2)25-15-26-50(3)27-16-28-51(4)29-17-30-52(5)31-18-32-53(6)33-19-34-54(7)35-20-36-55(8)37-21-38-56(9)39-22-40-57(10)41-23-42-58(11)43-24-44-59(12)45-46-85-91(81,82)90-92(83,84)89-71-65(73-61(14)77)69(67(79)63(48-75)87-71)88-70-64(72-60(13)76)68(80)66(78)62(47-74)86-70/h25,27,29,31,33,35,37,39,41,43,45,62-71,74-75,78-80H,15-24,26,28,30,32,34,36,38,40,42,44,46-48H2,1-14H3,(H,72,76)(H,73,77)(H,81,82)(H,83,84)/b50-27+,51-29+,52-31-,53-33-,54-35-,55-37-,56-39-,57-41-,58-43-,59-45-/t62-,63-,64-,65-,66+,67+,68-,69-,70-,71-/m1/s1. The van der Waals surface area contributed by atoms with Gasteiger partial charge in [0, 0.05) is 13.8 Å². The first-order chi connectivity index (χ1) is 43.3. The average molecular weight is 1330 g/mol. The molecule has 9 N–H and O–H groups in total. The van der Waals surface area contributed by atoms with Crippen molar-refractivity contribution in [2.45, 2.75) is 287 Å². The van der Waals surface area contributed by atoms with Crippen molar-refractivity contribution in [3.05, 3.63) is 128 Å². The number of rotatable bonds is 43. The Labute approximate surface area is 551 Å². The summed E-state index contributed by atoms with van der Waals surface area (Å²) in [6.07, 6.45) is 31.7. The van der Waals surface area contributed by atoms with Gasteiger partial charge in [-0.2, -0.15) is 4.31 Å². The maximum atomic E-state index is 13.2. The van der Waals surface area contributed by atoms with Crippen molar-refractivity contribution in [1.29, 1.82) is 0 Å². The minimum absolute atomic E-state index is 0.487. The summed E-state index contributed by atoms with van der Waals surface area (Å²) in [6.45, 7) is 26.1. The van der Waals surface area contributed by atoms with Gasteiger partial charge in [0.25, 0.3) is 0 Å². The van der Waals surface area contributed by atoms with E-state index in [0.29, 0.717) is 12.8 Å². The van der Waals surface area contributed by atoms with Gasteiger partial charge in [0.2, 0.25) is 11.8 Å². The van der Waals surface area contributed by atoms with Crippen LogP contribution in [0, 0.1) is 0 Å². The molecule has 19 nitrogen and oxygen atoms in total. The van der Waals surface area contributed by atoms with E-state index in [-0.39, 0.29) is 0 Å². The highest BCUT2D eigenvalue weighted by molar-refractivity contribution is 7.61. The molecule has 2 aliphatic heterocycles. The number of aliphatic hydroxyl groups excluding tert-OH is 5. The van der Waals surface area contributed by atoms with Gasteiger partial charge in [-0.25, -0.2) is 9.13 Å². The van der Waals surface area contributed by atoms with E-state index < -0.39 is 109 Å². The van der Waals surface area contributed by atoms with Crippen LogP contribution < -0.4 is 10.6 Å². The Bertz CT molecular complexity index is 2710. The van der Waals surface area contributed by atoms with Crippen LogP contribution in [0.15, 0.2) is 128 Å². The fraction of sp³-hybridized carbons (Fsp3) is 0.662. The average Bonchev–Trinajstić information content (AvgIpc) is 0.791. The fourth-order valence-electron chi connectivity index (χ4n) is 10.6. The number of aliphatic hydroxyl groups is 5. The van der Waals surface area contributed by atoms with Gasteiger partial charge in [-0.15, -0.1) is 0 Å². The third-order valence-corrected chi connectivity index (χ3v) is 18.9. The van der Waals surface area contributed by atoms with E-state index >= 15 is 0 Å². The zero-order valence-electron chi connectivity index (χ0n) is 58.0. The van der Waals surface area contributed by atoms with Crippen LogP contribution in [0.25, 0.3) is 0 Å². The molecule has 2 heterocycles. The molecule has 0 aliphatic carbocycles. The molecule has 0 spiro atoms. The summed E-state index contributed by atoms with van der Waals surface area (Å²) in [5, 5.41) is 56.8. The Kier molecular flexibility index (Phi) is 41.6. The lowest BCUT2D eigenvalue weighted by molar-refractivity contribution is -0.321. The van der Waals surface area contributed by atoms with E-state index in [1.54, 1.807) is 6.92 Å². The van der Waals surface area contributed by atoms with Gasteiger partial charge in [-0.1, -0.05) is 128 Å². The van der Waals surface area contributed by atoms with Crippen molar-refractivity contribution >= 4 is 27.5 Å². The van der Waals surface area contributed by atoms with Crippen LogP contribution in [-0.4, -0.2) is 128 Å². The first-order valence-electron chi connectivity index (χ1n) is 33.0. The van der Waals surface area contributed by atoms with Crippen LogP contribution in [0.2, 0.25) is 0 Å². The maximum absolute atomic E-state index is 13.2. The van der Waals surface area contributed by atoms with Gasteiger partial charge >= 0.3 is 15.6 Å². The number of hydrogen-bond donors (Lipinski definition) is 9. The maximum Gasteiger partial charge on any atom is 0.483 e. The first-order valence-corrected chi connectivity index (χ1v) is 36.0. The lowest BCUT2D eigenvalue weighted by Crippen LogP contribution is -2.69. The molecule has 2 aliphatic rings. The zero-order chi connectivity index (χ0) is 69.0. The van der Waals surface area contributed by atoms with Gasteiger partial charge < -0.3 is 60.2 Å². The number of carbonyl (C=O) groups is 2. The van der Waals surface area contributed by atoms with Gasteiger partial charge in [0.05, 0.1) is 19.8 Å². The van der Waals surface area contributed by atoms with Gasteiger partial charge in [-0.05, 0) is 212 Å². The highest BCUT2D eigenvalue weighted by Crippen LogP contribution is 2.61. The predicted octanol–water partition coefficient (Wildman–Crippen LogP) is 14.4. The topological polar surface area (TPSA) is 289 Å². The number of phosphoric acid groups is 2. The summed E-state index contributed by atoms with van der Waals surface area (Å²) < 4.78 is 57.7. The van der Waals surface area contributed by atoms with E-state index in [0.717, 1.165) is 135 Å². The van der Waals surface area contributed by atoms with Crippen LogP contribution in [-0.2, 0) is 46.3 Å². The van der Waals surface area contributed by atoms with Crippen LogP contribution in [0.3, 0.4) is 0 Å². The van der Waals surface area contributed by atoms with Crippen molar-refractivity contribution in [1.82, 2.24) is 10.6 Å². The van der Waals surface area contributed by atoms with Crippen LogP contribution in [0.5, 0.6) is 0 Å². The van der Waals surface area contributed by atoms with E-state index in [4.69, 9.17) is 23.3 Å². The Hall–Kier alpha value is -3.98. The molecular weight excluding hydrogens is 1210 g/mol. The molecule has 0 radical (unpaired) electrons. The number of allylic oxidation sites excluding steroid dienone is 21. The van der Waals surface area contributed by atoms with Crippen molar-refractivity contribution in [3.63, 3.8) is 0 Å². The second-order valence-corrected chi connectivity index (χ2v) is 28.6. The molecule has 0 aromatic heterocycles. The molecule has 2 fully saturated rings. The molecule has 0 aromatic rings. The minimum Gasteiger partial charge on any atom is -0.394 e. The van der Waals surface area contributed by atoms with E-state index in [2.05, 4.69) is 152 Å². The Morgan fingerprint density at radius 2 is 0.696 bits per heavy atom. The lowest BCUT2D eigenvalue weighted by Gasteiger charge is -2.48. The summed E-state index contributed by atoms with van der Waals surface area (Å²) >= 11 is 0. The third-order valence-electron chi connectivity index (χ3n) is 16.3. The highest BCUT2D eigenvalue weighted by atomic mass is 31.3. The molecular formula is C71H118N2O17P2. The molecule has 2 rings (SSSR count). The lowest BCUT2D eigenvalue weighted by atomic mass is 9.94. The molecule has 2 amide bonds. The number of hydrogen-bond acceptors (Lipinski definition) is 15. The summed E-state index contributed by atoms with van der Waals surface area (Å²) in [5.74, 6) is -1.53. The van der Waals surface area contributed by atoms with Crippen molar-refractivity contribution in [2.75, 3.05) is 19.8 Å². The summed E-state index contributed by atoms with van der Waals surface area (Å²) in [6, 6.07) is -3.30. The van der Waals surface area contributed by atoms with Gasteiger partial charge in [0.15, 0.2) is 12.6 Å². The predicted molar refractivity (Wildman–Crippen MR) is 367 cm³/mol. The van der Waals surface area contributed by atoms with Crippen LogP contribution >= 0.6 is 15.6 Å². The molecule has 0 bridgehead atoms. The summed E-state index contributed by atoms with van der Waals surface area (Å²) in [7, 11) is -11.0. The minimum atomic E-state index is -5.66. The number of phosphoric ester groups is 2. The Morgan fingerprint density at radius 1 is 0.402 bits per heavy atom. The second-order valence-electron chi connectivity index (χ2n) is 25.6. The monoisotopic (exact) mass is 1330 g/mol. The molecule has 12 atom stereocenters. The van der Waals surface area contributed by atoms with Crippen molar-refractivity contribution in [2.24, 2.45) is 0 Å². The number of carbonyl (C=O) groups excluding carboxylic acids is 2. The summed E-state index contributed by atoms with van der Waals surface area (Å²) in [4.78, 5) is 45.5. The second kappa shape index (κ2) is 45.5. The first kappa shape index (κ1) is 84.1. The Balaban J connectivity index is 1.73. The van der Waals surface area contributed by atoms with E-state index in [1.807, 2.05) is 0 Å². The quantitative estimate of drug-likeness (QED) is 0.0203. The van der Waals surface area contributed by atoms with Gasteiger partial charge in [0.1, 0.15) is 48.7 Å². The molecule has 21 heteroatoms. The zero-order valence-corrected chi connectivity index (χ0v) is 59.8. The van der Waals surface area contributed by atoms with Crippen LogP contribution in [0.4, 0.5) is 0 Å².